The summed E-state index contributed by atoms with van der Waals surface area (Å²) in [6.07, 6.45) is 3.73. The van der Waals surface area contributed by atoms with Gasteiger partial charge in [-0.05, 0) is 25.0 Å². The van der Waals surface area contributed by atoms with Crippen LogP contribution in [0.4, 0.5) is 11.6 Å². The Balaban J connectivity index is 1.34. The lowest BCUT2D eigenvalue weighted by Crippen LogP contribution is -2.49. The Labute approximate surface area is 171 Å². The summed E-state index contributed by atoms with van der Waals surface area (Å²) in [5.74, 6) is 1.16. The van der Waals surface area contributed by atoms with Gasteiger partial charge in [0.25, 0.3) is 0 Å². The smallest absolute Gasteiger partial charge is 0.323 e. The molecule has 0 saturated carbocycles. The number of H-pyrrole nitrogens is 2. The van der Waals surface area contributed by atoms with Crippen LogP contribution in [-0.4, -0.2) is 52.3 Å². The highest BCUT2D eigenvalue weighted by atomic mass is 32.2. The molecule has 2 aliphatic heterocycles. The van der Waals surface area contributed by atoms with Gasteiger partial charge in [0.15, 0.2) is 5.82 Å². The number of nitrogens with two attached hydrogens (primary N) is 2. The van der Waals surface area contributed by atoms with Gasteiger partial charge in [-0.2, -0.15) is 0 Å². The number of anilines is 2. The minimum Gasteiger partial charge on any atom is -0.381 e. The monoisotopic (exact) mass is 413 g/mol. The second kappa shape index (κ2) is 7.05. The first-order chi connectivity index (χ1) is 14.0. The van der Waals surface area contributed by atoms with Crippen molar-refractivity contribution < 1.29 is 4.74 Å². The second-order valence-electron chi connectivity index (χ2n) is 7.75. The Kier molecular flexibility index (Phi) is 4.49. The van der Waals surface area contributed by atoms with Crippen molar-refractivity contribution in [2.45, 2.75) is 28.8 Å². The van der Waals surface area contributed by atoms with Gasteiger partial charge in [-0.1, -0.05) is 17.8 Å². The van der Waals surface area contributed by atoms with Crippen LogP contribution in [0.2, 0.25) is 0 Å². The van der Waals surface area contributed by atoms with E-state index in [1.165, 1.54) is 11.8 Å². The molecule has 2 aromatic heterocycles. The molecular formula is C19H23N7O2S. The van der Waals surface area contributed by atoms with Gasteiger partial charge >= 0.3 is 5.69 Å². The van der Waals surface area contributed by atoms with Crippen LogP contribution in [0.15, 0.2) is 39.1 Å². The fraction of sp³-hybridized carbons (Fsp3) is 0.421. The van der Waals surface area contributed by atoms with E-state index in [-0.39, 0.29) is 17.1 Å². The fourth-order valence-electron chi connectivity index (χ4n) is 4.20. The van der Waals surface area contributed by atoms with E-state index in [0.29, 0.717) is 17.5 Å². The number of nitrogens with zero attached hydrogens (tertiary/aromatic N) is 3. The third-order valence-corrected chi connectivity index (χ3v) is 7.10. The predicted molar refractivity (Wildman–Crippen MR) is 112 cm³/mol. The first-order valence-electron chi connectivity index (χ1n) is 9.64. The summed E-state index contributed by atoms with van der Waals surface area (Å²) in [5, 5.41) is 0.614. The number of hydrogen-bond acceptors (Lipinski definition) is 8. The molecule has 1 aromatic carbocycles. The molecule has 0 aliphatic carbocycles. The molecular weight excluding hydrogens is 390 g/mol. The number of nitrogens with one attached hydrogen (secondary N) is 2. The van der Waals surface area contributed by atoms with E-state index in [0.717, 1.165) is 54.3 Å². The highest BCUT2D eigenvalue weighted by Crippen LogP contribution is 2.40. The van der Waals surface area contributed by atoms with Crippen molar-refractivity contribution in [1.82, 2.24) is 19.9 Å². The molecule has 5 rings (SSSR count). The zero-order chi connectivity index (χ0) is 20.0. The molecule has 0 bridgehead atoms. The van der Waals surface area contributed by atoms with Gasteiger partial charge in [0.05, 0.1) is 30.4 Å². The number of ether oxygens (including phenoxy) is 1. The average molecular weight is 414 g/mol. The zero-order valence-electron chi connectivity index (χ0n) is 15.9. The van der Waals surface area contributed by atoms with Crippen molar-refractivity contribution in [2.24, 2.45) is 11.1 Å². The molecule has 0 radical (unpaired) electrons. The number of piperidine rings is 1. The minimum atomic E-state index is -0.238. The van der Waals surface area contributed by atoms with Crippen molar-refractivity contribution >= 4 is 34.4 Å². The highest BCUT2D eigenvalue weighted by molar-refractivity contribution is 7.99. The summed E-state index contributed by atoms with van der Waals surface area (Å²) in [5.41, 5.74) is 13.8. The molecule has 1 spiro atoms. The molecule has 1 unspecified atom stereocenters. The highest BCUT2D eigenvalue weighted by Gasteiger charge is 2.44. The first kappa shape index (κ1) is 18.5. The number of nitrogen functional groups attached to an aromatic ring is 1. The fourth-order valence-corrected chi connectivity index (χ4v) is 5.08. The Morgan fingerprint density at radius 2 is 2.10 bits per heavy atom. The van der Waals surface area contributed by atoms with Crippen LogP contribution in [0.25, 0.3) is 11.0 Å². The third kappa shape index (κ3) is 3.26. The van der Waals surface area contributed by atoms with E-state index >= 15 is 0 Å². The number of para-hydroxylation sites is 1. The quantitative estimate of drug-likeness (QED) is 0.504. The van der Waals surface area contributed by atoms with E-state index in [4.69, 9.17) is 16.2 Å². The van der Waals surface area contributed by atoms with Crippen molar-refractivity contribution in [2.75, 3.05) is 36.9 Å². The number of imidazole rings is 1. The molecule has 10 heteroatoms. The van der Waals surface area contributed by atoms with Gasteiger partial charge in [-0.25, -0.2) is 14.8 Å². The first-order valence-corrected chi connectivity index (χ1v) is 10.5. The van der Waals surface area contributed by atoms with Crippen LogP contribution >= 0.6 is 11.8 Å². The van der Waals surface area contributed by atoms with Crippen LogP contribution in [0.3, 0.4) is 0 Å². The Morgan fingerprint density at radius 3 is 2.83 bits per heavy atom. The Bertz CT molecular complexity index is 1100. The number of benzene rings is 1. The lowest BCUT2D eigenvalue weighted by molar-refractivity contribution is 0.131. The summed E-state index contributed by atoms with van der Waals surface area (Å²) >= 11 is 1.39. The molecule has 2 fully saturated rings. The molecule has 29 heavy (non-hydrogen) atoms. The molecule has 3 aromatic rings. The Morgan fingerprint density at radius 1 is 1.28 bits per heavy atom. The third-order valence-electron chi connectivity index (χ3n) is 6.03. The van der Waals surface area contributed by atoms with E-state index in [9.17, 15) is 4.79 Å². The number of hydrogen-bond donors (Lipinski definition) is 4. The van der Waals surface area contributed by atoms with Crippen molar-refractivity contribution in [3.63, 3.8) is 0 Å². The molecule has 9 nitrogen and oxygen atoms in total. The topological polar surface area (TPSA) is 139 Å². The van der Waals surface area contributed by atoms with Gasteiger partial charge in [-0.15, -0.1) is 0 Å². The van der Waals surface area contributed by atoms with Crippen LogP contribution in [-0.2, 0) is 4.74 Å². The lowest BCUT2D eigenvalue weighted by Gasteiger charge is -2.41. The zero-order valence-corrected chi connectivity index (χ0v) is 16.7. The standard InChI is InChI=1S/C19H23N7O2S/c20-13-9-28-10-19(13)4-6-26(7-5-19)14-8-22-17(16(21)24-14)29-12-3-1-2-11-15(12)25-18(27)23-11/h1-3,8,13H,4-7,9-10,20H2,(H2,21,24)(H2,23,25,27). The predicted octanol–water partition coefficient (Wildman–Crippen LogP) is 1.32. The average Bonchev–Trinajstić information content (AvgIpc) is 3.27. The van der Waals surface area contributed by atoms with Gasteiger partial charge in [0.2, 0.25) is 0 Å². The number of rotatable bonds is 3. The lowest BCUT2D eigenvalue weighted by atomic mass is 9.75. The van der Waals surface area contributed by atoms with Crippen LogP contribution < -0.4 is 22.1 Å². The summed E-state index contributed by atoms with van der Waals surface area (Å²) in [7, 11) is 0. The number of fused-ring (bicyclic) bond motifs is 1. The largest absolute Gasteiger partial charge is 0.381 e. The van der Waals surface area contributed by atoms with E-state index in [1.807, 2.05) is 18.2 Å². The van der Waals surface area contributed by atoms with Gasteiger partial charge in [-0.3, -0.25) is 0 Å². The van der Waals surface area contributed by atoms with Gasteiger partial charge in [0.1, 0.15) is 10.8 Å². The maximum Gasteiger partial charge on any atom is 0.323 e. The van der Waals surface area contributed by atoms with Crippen LogP contribution in [0.1, 0.15) is 12.8 Å². The summed E-state index contributed by atoms with van der Waals surface area (Å²) in [6.45, 7) is 3.12. The second-order valence-corrected chi connectivity index (χ2v) is 8.78. The summed E-state index contributed by atoms with van der Waals surface area (Å²) in [6, 6.07) is 5.76. The Hall–Kier alpha value is -2.56. The SMILES string of the molecule is Nc1nc(N2CCC3(CC2)COCC3N)cnc1Sc1cccc2[nH]c(=O)[nH]c12. The summed E-state index contributed by atoms with van der Waals surface area (Å²) < 4.78 is 5.60. The molecule has 0 amide bonds. The van der Waals surface area contributed by atoms with Crippen molar-refractivity contribution in [1.29, 1.82) is 0 Å². The maximum atomic E-state index is 11.6. The summed E-state index contributed by atoms with van der Waals surface area (Å²) in [4.78, 5) is 29.4. The van der Waals surface area contributed by atoms with E-state index < -0.39 is 0 Å². The van der Waals surface area contributed by atoms with E-state index in [2.05, 4.69) is 24.8 Å². The molecule has 2 saturated heterocycles. The number of aromatic nitrogens is 4. The minimum absolute atomic E-state index is 0.0947. The van der Waals surface area contributed by atoms with Crippen LogP contribution in [0.5, 0.6) is 0 Å². The normalized spacial score (nSPS) is 21.3. The molecule has 4 heterocycles. The van der Waals surface area contributed by atoms with Gasteiger partial charge in [0, 0.05) is 29.4 Å². The van der Waals surface area contributed by atoms with Crippen molar-refractivity contribution in [3.05, 3.63) is 34.9 Å². The molecule has 152 valence electrons. The molecule has 6 N–H and O–H groups in total. The molecule has 1 atom stereocenters. The van der Waals surface area contributed by atoms with Gasteiger partial charge < -0.3 is 31.1 Å². The number of aromatic amines is 2. The van der Waals surface area contributed by atoms with Crippen LogP contribution in [0, 0.1) is 5.41 Å². The van der Waals surface area contributed by atoms with E-state index in [1.54, 1.807) is 6.20 Å². The van der Waals surface area contributed by atoms with Crippen molar-refractivity contribution in [3.8, 4) is 0 Å². The maximum absolute atomic E-state index is 11.6. The molecule has 2 aliphatic rings.